The summed E-state index contributed by atoms with van der Waals surface area (Å²) >= 11 is 5.99. The van der Waals surface area contributed by atoms with Crippen LogP contribution < -0.4 is 10.2 Å². The maximum Gasteiger partial charge on any atom is 0.417 e. The molecule has 3 heterocycles. The maximum atomic E-state index is 12.6. The van der Waals surface area contributed by atoms with Crippen LogP contribution in [0.1, 0.15) is 18.4 Å². The Morgan fingerprint density at radius 1 is 1.35 bits per heavy atom. The first-order chi connectivity index (χ1) is 9.45. The van der Waals surface area contributed by atoms with Gasteiger partial charge in [-0.05, 0) is 31.4 Å². The van der Waals surface area contributed by atoms with E-state index in [0.717, 1.165) is 44.7 Å². The van der Waals surface area contributed by atoms with Crippen molar-refractivity contribution in [3.63, 3.8) is 0 Å². The van der Waals surface area contributed by atoms with Crippen LogP contribution in [0.3, 0.4) is 0 Å². The van der Waals surface area contributed by atoms with Gasteiger partial charge in [-0.1, -0.05) is 11.6 Å². The van der Waals surface area contributed by atoms with Crippen molar-refractivity contribution < 1.29 is 13.2 Å². The summed E-state index contributed by atoms with van der Waals surface area (Å²) in [5.41, 5.74) is -0.805. The number of nitrogens with one attached hydrogen (secondary N) is 1. The van der Waals surface area contributed by atoms with Crippen molar-refractivity contribution in [3.05, 3.63) is 22.8 Å². The number of alkyl halides is 3. The van der Waals surface area contributed by atoms with E-state index in [1.165, 1.54) is 0 Å². The fraction of sp³-hybridized carbons (Fsp3) is 0.615. The van der Waals surface area contributed by atoms with Crippen LogP contribution in [-0.2, 0) is 6.18 Å². The van der Waals surface area contributed by atoms with E-state index >= 15 is 0 Å². The number of hydrogen-bond acceptors (Lipinski definition) is 3. The summed E-state index contributed by atoms with van der Waals surface area (Å²) in [6.07, 6.45) is -1.26. The molecular weight excluding hydrogens is 291 g/mol. The van der Waals surface area contributed by atoms with Crippen molar-refractivity contribution in [2.45, 2.75) is 25.1 Å². The molecule has 110 valence electrons. The lowest BCUT2D eigenvalue weighted by Gasteiger charge is -2.24. The number of halogens is 4. The molecule has 1 aromatic rings. The Morgan fingerprint density at radius 2 is 2.15 bits per heavy atom. The first-order valence-electron chi connectivity index (χ1n) is 6.66. The van der Waals surface area contributed by atoms with Crippen molar-refractivity contribution in [2.24, 2.45) is 5.92 Å². The molecule has 2 aliphatic heterocycles. The van der Waals surface area contributed by atoms with Crippen molar-refractivity contribution in [1.82, 2.24) is 10.3 Å². The van der Waals surface area contributed by atoms with Crippen LogP contribution in [0.4, 0.5) is 19.0 Å². The lowest BCUT2D eigenvalue weighted by Crippen LogP contribution is -2.40. The van der Waals surface area contributed by atoms with Gasteiger partial charge in [0.15, 0.2) is 0 Å². The van der Waals surface area contributed by atoms with Crippen molar-refractivity contribution in [3.8, 4) is 0 Å². The minimum atomic E-state index is -4.41. The average Bonchev–Trinajstić information content (AvgIpc) is 2.80. The molecule has 0 amide bonds. The highest BCUT2D eigenvalue weighted by Crippen LogP contribution is 2.36. The summed E-state index contributed by atoms with van der Waals surface area (Å²) in [4.78, 5) is 5.91. The minimum absolute atomic E-state index is 0.0680. The van der Waals surface area contributed by atoms with Crippen molar-refractivity contribution in [2.75, 3.05) is 24.5 Å². The van der Waals surface area contributed by atoms with E-state index in [0.29, 0.717) is 17.8 Å². The average molecular weight is 306 g/mol. The molecule has 2 saturated heterocycles. The zero-order valence-electron chi connectivity index (χ0n) is 10.8. The first kappa shape index (κ1) is 13.9. The number of nitrogens with zero attached hydrogens (tertiary/aromatic N) is 2. The van der Waals surface area contributed by atoms with Gasteiger partial charge >= 0.3 is 6.18 Å². The molecule has 3 rings (SSSR count). The fourth-order valence-corrected chi connectivity index (χ4v) is 3.32. The van der Waals surface area contributed by atoms with Crippen LogP contribution in [0, 0.1) is 5.92 Å². The smallest absolute Gasteiger partial charge is 0.353 e. The molecule has 1 aromatic heterocycles. The topological polar surface area (TPSA) is 28.2 Å². The van der Waals surface area contributed by atoms with Gasteiger partial charge in [0.25, 0.3) is 0 Å². The number of hydrogen-bond donors (Lipinski definition) is 1. The molecule has 3 nitrogen and oxygen atoms in total. The van der Waals surface area contributed by atoms with E-state index in [4.69, 9.17) is 11.6 Å². The van der Waals surface area contributed by atoms with Gasteiger partial charge in [0.2, 0.25) is 0 Å². The largest absolute Gasteiger partial charge is 0.417 e. The van der Waals surface area contributed by atoms with E-state index in [9.17, 15) is 13.2 Å². The Morgan fingerprint density at radius 3 is 2.80 bits per heavy atom. The molecule has 2 aliphatic rings. The van der Waals surface area contributed by atoms with Gasteiger partial charge in [0.1, 0.15) is 5.82 Å². The Bertz CT molecular complexity index is 492. The third-order valence-electron chi connectivity index (χ3n) is 4.05. The SMILES string of the molecule is FC(F)(F)c1cnc(N2CC3CCCNC3C2)c(Cl)c1. The van der Waals surface area contributed by atoms with Gasteiger partial charge in [-0.3, -0.25) is 0 Å². The van der Waals surface area contributed by atoms with Gasteiger partial charge < -0.3 is 10.2 Å². The van der Waals surface area contributed by atoms with E-state index in [-0.39, 0.29) is 5.02 Å². The summed E-state index contributed by atoms with van der Waals surface area (Å²) in [5, 5.41) is 3.51. The first-order valence-corrected chi connectivity index (χ1v) is 7.04. The Kier molecular flexibility index (Phi) is 3.54. The molecule has 0 radical (unpaired) electrons. The molecule has 2 unspecified atom stereocenters. The number of fused-ring (bicyclic) bond motifs is 1. The van der Waals surface area contributed by atoms with Crippen LogP contribution >= 0.6 is 11.6 Å². The van der Waals surface area contributed by atoms with Gasteiger partial charge in [-0.15, -0.1) is 0 Å². The highest BCUT2D eigenvalue weighted by atomic mass is 35.5. The summed E-state index contributed by atoms with van der Waals surface area (Å²) in [5.74, 6) is 0.986. The second-order valence-corrected chi connectivity index (χ2v) is 5.80. The highest BCUT2D eigenvalue weighted by molar-refractivity contribution is 6.33. The molecule has 7 heteroatoms. The quantitative estimate of drug-likeness (QED) is 0.864. The number of pyridine rings is 1. The molecule has 0 bridgehead atoms. The number of anilines is 1. The highest BCUT2D eigenvalue weighted by Gasteiger charge is 2.36. The van der Waals surface area contributed by atoms with Crippen LogP contribution in [0.5, 0.6) is 0 Å². The number of aromatic nitrogens is 1. The van der Waals surface area contributed by atoms with Gasteiger partial charge in [0.05, 0.1) is 10.6 Å². The third-order valence-corrected chi connectivity index (χ3v) is 4.33. The van der Waals surface area contributed by atoms with Crippen LogP contribution in [0.2, 0.25) is 5.02 Å². The Hall–Kier alpha value is -1.01. The van der Waals surface area contributed by atoms with Gasteiger partial charge in [-0.25, -0.2) is 4.98 Å². The predicted molar refractivity (Wildman–Crippen MR) is 71.0 cm³/mol. The monoisotopic (exact) mass is 305 g/mol. The molecule has 2 atom stereocenters. The van der Waals surface area contributed by atoms with E-state index in [1.54, 1.807) is 0 Å². The predicted octanol–water partition coefficient (Wildman–Crippen LogP) is 2.94. The number of piperidine rings is 1. The van der Waals surface area contributed by atoms with E-state index in [1.807, 2.05) is 4.90 Å². The van der Waals surface area contributed by atoms with E-state index < -0.39 is 11.7 Å². The number of rotatable bonds is 1. The molecule has 0 aromatic carbocycles. The molecule has 0 saturated carbocycles. The summed E-state index contributed by atoms with van der Waals surface area (Å²) in [6.45, 7) is 2.56. The molecular formula is C13H15ClF3N3. The van der Waals surface area contributed by atoms with E-state index in [2.05, 4.69) is 10.3 Å². The minimum Gasteiger partial charge on any atom is -0.353 e. The third kappa shape index (κ3) is 2.59. The van der Waals surface area contributed by atoms with Crippen molar-refractivity contribution in [1.29, 1.82) is 0 Å². The normalized spacial score (nSPS) is 26.7. The van der Waals surface area contributed by atoms with Crippen LogP contribution in [0.15, 0.2) is 12.3 Å². The van der Waals surface area contributed by atoms with Crippen molar-refractivity contribution >= 4 is 17.4 Å². The standard InChI is InChI=1S/C13H15ClF3N3/c14-10-4-9(13(15,16)17)5-19-12(10)20-6-8-2-1-3-18-11(8)7-20/h4-5,8,11,18H,1-3,6-7H2. The molecule has 0 spiro atoms. The van der Waals surface area contributed by atoms with Gasteiger partial charge in [0, 0.05) is 25.3 Å². The Labute approximate surface area is 120 Å². The lowest BCUT2D eigenvalue weighted by atomic mass is 9.94. The second kappa shape index (κ2) is 5.07. The van der Waals surface area contributed by atoms with Gasteiger partial charge in [-0.2, -0.15) is 13.2 Å². The fourth-order valence-electron chi connectivity index (χ4n) is 3.04. The maximum absolute atomic E-state index is 12.6. The Balaban J connectivity index is 1.81. The molecule has 1 N–H and O–H groups in total. The van der Waals surface area contributed by atoms with Crippen LogP contribution in [0.25, 0.3) is 0 Å². The zero-order valence-corrected chi connectivity index (χ0v) is 11.5. The summed E-state index contributed by atoms with van der Waals surface area (Å²) in [7, 11) is 0. The van der Waals surface area contributed by atoms with Crippen LogP contribution in [-0.4, -0.2) is 30.7 Å². The molecule has 2 fully saturated rings. The molecule has 20 heavy (non-hydrogen) atoms. The summed E-state index contributed by atoms with van der Waals surface area (Å²) in [6, 6.07) is 1.35. The molecule has 0 aliphatic carbocycles. The summed E-state index contributed by atoms with van der Waals surface area (Å²) < 4.78 is 37.8. The second-order valence-electron chi connectivity index (χ2n) is 5.40. The zero-order chi connectivity index (χ0) is 14.3. The lowest BCUT2D eigenvalue weighted by molar-refractivity contribution is -0.137.